The van der Waals surface area contributed by atoms with E-state index in [0.717, 1.165) is 6.54 Å². The van der Waals surface area contributed by atoms with E-state index in [4.69, 9.17) is 0 Å². The highest BCUT2D eigenvalue weighted by Crippen LogP contribution is 2.37. The second kappa shape index (κ2) is 7.42. The predicted octanol–water partition coefficient (Wildman–Crippen LogP) is 4.30. The highest BCUT2D eigenvalue weighted by Gasteiger charge is 2.40. The fraction of sp³-hybridized carbons (Fsp3) is 0.684. The van der Waals surface area contributed by atoms with Crippen molar-refractivity contribution in [3.8, 4) is 0 Å². The van der Waals surface area contributed by atoms with E-state index in [1.54, 1.807) is 0 Å². The molecule has 1 aromatic carbocycles. The number of likely N-dealkylation sites (tertiary alicyclic amines) is 1. The van der Waals surface area contributed by atoms with E-state index < -0.39 is 0 Å². The van der Waals surface area contributed by atoms with Crippen molar-refractivity contribution in [2.24, 2.45) is 0 Å². The molecule has 0 aliphatic carbocycles. The van der Waals surface area contributed by atoms with Crippen LogP contribution in [0.25, 0.3) is 0 Å². The van der Waals surface area contributed by atoms with Gasteiger partial charge in [-0.05, 0) is 70.3 Å². The summed E-state index contributed by atoms with van der Waals surface area (Å²) in [6.45, 7) is 12.9. The van der Waals surface area contributed by atoms with Crippen molar-refractivity contribution in [2.45, 2.75) is 65.0 Å². The number of nitrogens with one attached hydrogen (secondary N) is 1. The molecular formula is C19H32N2. The highest BCUT2D eigenvalue weighted by molar-refractivity contribution is 5.31. The molecule has 0 amide bonds. The summed E-state index contributed by atoms with van der Waals surface area (Å²) in [7, 11) is 0. The molecular weight excluding hydrogens is 256 g/mol. The average Bonchev–Trinajstić information content (AvgIpc) is 3.03. The summed E-state index contributed by atoms with van der Waals surface area (Å²) in [4.78, 5) is 2.72. The summed E-state index contributed by atoms with van der Waals surface area (Å²) >= 11 is 0. The normalized spacial score (nSPS) is 20.4. The summed E-state index contributed by atoms with van der Waals surface area (Å²) < 4.78 is 0. The molecule has 1 saturated heterocycles. The van der Waals surface area contributed by atoms with Crippen LogP contribution in [0.2, 0.25) is 0 Å². The van der Waals surface area contributed by atoms with Crippen molar-refractivity contribution in [1.82, 2.24) is 10.2 Å². The lowest BCUT2D eigenvalue weighted by atomic mass is 9.81. The number of rotatable bonds is 7. The zero-order chi connectivity index (χ0) is 15.3. The van der Waals surface area contributed by atoms with Crippen molar-refractivity contribution in [1.29, 1.82) is 0 Å². The number of aryl methyl sites for hydroxylation is 1. The lowest BCUT2D eigenvalue weighted by Crippen LogP contribution is -2.53. The van der Waals surface area contributed by atoms with Crippen LogP contribution in [0.1, 0.15) is 63.6 Å². The highest BCUT2D eigenvalue weighted by atomic mass is 15.2. The number of hydrogen-bond acceptors (Lipinski definition) is 2. The molecule has 2 rings (SSSR count). The van der Waals surface area contributed by atoms with Gasteiger partial charge in [0.2, 0.25) is 0 Å². The van der Waals surface area contributed by atoms with Crippen molar-refractivity contribution in [2.75, 3.05) is 19.6 Å². The summed E-state index contributed by atoms with van der Waals surface area (Å²) in [5.41, 5.74) is 3.09. The second-order valence-corrected chi connectivity index (χ2v) is 6.65. The second-order valence-electron chi connectivity index (χ2n) is 6.65. The lowest BCUT2D eigenvalue weighted by molar-refractivity contribution is 0.0837. The van der Waals surface area contributed by atoms with Crippen LogP contribution in [0.4, 0.5) is 0 Å². The van der Waals surface area contributed by atoms with Crippen LogP contribution in [0.5, 0.6) is 0 Å². The molecule has 1 aliphatic heterocycles. The number of hydrogen-bond donors (Lipinski definition) is 1. The molecule has 0 spiro atoms. The van der Waals surface area contributed by atoms with Crippen LogP contribution in [-0.2, 0) is 0 Å². The fourth-order valence-corrected chi connectivity index (χ4v) is 3.70. The smallest absolute Gasteiger partial charge is 0.0507 e. The first-order valence-corrected chi connectivity index (χ1v) is 8.67. The van der Waals surface area contributed by atoms with E-state index in [-0.39, 0.29) is 5.54 Å². The maximum atomic E-state index is 3.85. The van der Waals surface area contributed by atoms with E-state index in [2.05, 4.69) is 62.2 Å². The third-order valence-corrected chi connectivity index (χ3v) is 5.26. The molecule has 1 aliphatic rings. The summed E-state index contributed by atoms with van der Waals surface area (Å²) in [5.74, 6) is 0. The van der Waals surface area contributed by atoms with Crippen LogP contribution in [0.3, 0.4) is 0 Å². The zero-order valence-corrected chi connectivity index (χ0v) is 14.3. The van der Waals surface area contributed by atoms with E-state index in [1.807, 2.05) is 0 Å². The van der Waals surface area contributed by atoms with Crippen LogP contribution >= 0.6 is 0 Å². The molecule has 2 heteroatoms. The molecule has 1 fully saturated rings. The first-order chi connectivity index (χ1) is 10.1. The van der Waals surface area contributed by atoms with Gasteiger partial charge >= 0.3 is 0 Å². The van der Waals surface area contributed by atoms with Gasteiger partial charge in [0.15, 0.2) is 0 Å². The first-order valence-electron chi connectivity index (χ1n) is 8.67. The minimum Gasteiger partial charge on any atom is -0.308 e. The monoisotopic (exact) mass is 288 g/mol. The number of nitrogens with zero attached hydrogens (tertiary/aromatic N) is 1. The number of benzene rings is 1. The summed E-state index contributed by atoms with van der Waals surface area (Å²) in [6, 6.07) is 9.31. The maximum Gasteiger partial charge on any atom is 0.0507 e. The Morgan fingerprint density at radius 2 is 1.86 bits per heavy atom. The van der Waals surface area contributed by atoms with Crippen molar-refractivity contribution >= 4 is 0 Å². The van der Waals surface area contributed by atoms with Gasteiger partial charge in [0.25, 0.3) is 0 Å². The van der Waals surface area contributed by atoms with E-state index >= 15 is 0 Å². The molecule has 21 heavy (non-hydrogen) atoms. The summed E-state index contributed by atoms with van der Waals surface area (Å²) in [6.07, 6.45) is 5.07. The van der Waals surface area contributed by atoms with E-state index in [0.29, 0.717) is 6.04 Å². The first kappa shape index (κ1) is 16.5. The fourth-order valence-electron chi connectivity index (χ4n) is 3.70. The van der Waals surface area contributed by atoms with Crippen LogP contribution < -0.4 is 5.32 Å². The van der Waals surface area contributed by atoms with Gasteiger partial charge in [-0.25, -0.2) is 0 Å². The van der Waals surface area contributed by atoms with Crippen LogP contribution in [0.15, 0.2) is 24.3 Å². The van der Waals surface area contributed by atoms with E-state index in [9.17, 15) is 0 Å². The van der Waals surface area contributed by atoms with Gasteiger partial charge < -0.3 is 5.32 Å². The average molecular weight is 288 g/mol. The molecule has 0 bridgehead atoms. The van der Waals surface area contributed by atoms with Gasteiger partial charge in [-0.3, -0.25) is 4.90 Å². The Bertz CT molecular complexity index is 437. The van der Waals surface area contributed by atoms with Gasteiger partial charge in [-0.1, -0.05) is 38.1 Å². The van der Waals surface area contributed by atoms with Gasteiger partial charge in [-0.15, -0.1) is 0 Å². The van der Waals surface area contributed by atoms with Gasteiger partial charge in [0.05, 0.1) is 6.04 Å². The Balaban J connectivity index is 2.35. The lowest BCUT2D eigenvalue weighted by Gasteiger charge is -2.45. The molecule has 0 aromatic heterocycles. The third-order valence-electron chi connectivity index (χ3n) is 5.26. The van der Waals surface area contributed by atoms with Crippen molar-refractivity contribution < 1.29 is 0 Å². The Morgan fingerprint density at radius 3 is 2.43 bits per heavy atom. The molecule has 2 atom stereocenters. The summed E-state index contributed by atoms with van der Waals surface area (Å²) in [5, 5.41) is 3.85. The molecule has 118 valence electrons. The Morgan fingerprint density at radius 1 is 1.19 bits per heavy atom. The standard InChI is InChI=1S/C19H32N2/c1-5-13-20-18(17-12-8-7-11-16(17)3)19(4,6-2)21-14-9-10-15-21/h7-8,11-12,18,20H,5-6,9-10,13-15H2,1-4H3. The minimum atomic E-state index is 0.206. The molecule has 0 radical (unpaired) electrons. The molecule has 1 aromatic rings. The van der Waals surface area contributed by atoms with Gasteiger partial charge in [0.1, 0.15) is 0 Å². The van der Waals surface area contributed by atoms with E-state index in [1.165, 1.54) is 49.9 Å². The van der Waals surface area contributed by atoms with Crippen LogP contribution in [0, 0.1) is 6.92 Å². The Labute approximate surface area is 130 Å². The van der Waals surface area contributed by atoms with Gasteiger partial charge in [0, 0.05) is 5.54 Å². The third kappa shape index (κ3) is 3.49. The topological polar surface area (TPSA) is 15.3 Å². The largest absolute Gasteiger partial charge is 0.308 e. The molecule has 2 nitrogen and oxygen atoms in total. The molecule has 1 heterocycles. The molecule has 0 saturated carbocycles. The zero-order valence-electron chi connectivity index (χ0n) is 14.3. The maximum absolute atomic E-state index is 3.85. The van der Waals surface area contributed by atoms with Gasteiger partial charge in [-0.2, -0.15) is 0 Å². The minimum absolute atomic E-state index is 0.206. The Kier molecular flexibility index (Phi) is 5.83. The van der Waals surface area contributed by atoms with Crippen molar-refractivity contribution in [3.05, 3.63) is 35.4 Å². The molecule has 1 N–H and O–H groups in total. The SMILES string of the molecule is CCCNC(c1ccccc1C)C(C)(CC)N1CCCC1. The molecule has 2 unspecified atom stereocenters. The predicted molar refractivity (Wildman–Crippen MR) is 91.7 cm³/mol. The van der Waals surface area contributed by atoms with Crippen LogP contribution in [-0.4, -0.2) is 30.1 Å². The quantitative estimate of drug-likeness (QED) is 0.804. The Hall–Kier alpha value is -0.860. The van der Waals surface area contributed by atoms with Crippen molar-refractivity contribution in [3.63, 3.8) is 0 Å².